The molecule has 2 aliphatic heterocycles. The maximum absolute atomic E-state index is 13.9. The lowest BCUT2D eigenvalue weighted by atomic mass is 10.1. The number of aromatic nitrogens is 1. The van der Waals surface area contributed by atoms with Crippen LogP contribution in [0.2, 0.25) is 0 Å². The van der Waals surface area contributed by atoms with Crippen LogP contribution in [0.1, 0.15) is 23.2 Å². The molecular weight excluding hydrogens is 419 g/mol. The highest BCUT2D eigenvalue weighted by Crippen LogP contribution is 2.31. The highest BCUT2D eigenvalue weighted by Gasteiger charge is 2.30. The molecule has 1 aromatic heterocycles. The third-order valence-electron chi connectivity index (χ3n) is 5.62. The van der Waals surface area contributed by atoms with Crippen LogP contribution < -0.4 is 9.80 Å². The first-order valence-corrected chi connectivity index (χ1v) is 10.9. The Balaban J connectivity index is 1.25. The van der Waals surface area contributed by atoms with Crippen molar-refractivity contribution in [2.24, 2.45) is 0 Å². The lowest BCUT2D eigenvalue weighted by Crippen LogP contribution is -2.48. The van der Waals surface area contributed by atoms with Crippen molar-refractivity contribution in [2.75, 3.05) is 36.0 Å². The zero-order valence-corrected chi connectivity index (χ0v) is 17.4. The molecule has 31 heavy (non-hydrogen) atoms. The summed E-state index contributed by atoms with van der Waals surface area (Å²) in [4.78, 5) is 46.1. The molecule has 0 atom stereocenters. The Labute approximate surface area is 181 Å². The normalized spacial score (nSPS) is 17.1. The van der Waals surface area contributed by atoms with Crippen LogP contribution in [0, 0.1) is 5.82 Å². The number of halogens is 1. The van der Waals surface area contributed by atoms with E-state index in [-0.39, 0.29) is 36.4 Å². The van der Waals surface area contributed by atoms with Crippen molar-refractivity contribution < 1.29 is 18.8 Å². The third kappa shape index (κ3) is 3.54. The van der Waals surface area contributed by atoms with Gasteiger partial charge in [0.25, 0.3) is 5.91 Å². The number of benzene rings is 2. The fourth-order valence-electron chi connectivity index (χ4n) is 3.94. The van der Waals surface area contributed by atoms with Crippen molar-refractivity contribution in [2.45, 2.75) is 12.8 Å². The van der Waals surface area contributed by atoms with Gasteiger partial charge in [0.15, 0.2) is 5.13 Å². The second-order valence-corrected chi connectivity index (χ2v) is 8.54. The van der Waals surface area contributed by atoms with Crippen molar-refractivity contribution in [1.82, 2.24) is 9.88 Å². The fourth-order valence-corrected chi connectivity index (χ4v) is 4.97. The first-order chi connectivity index (χ1) is 15.0. The van der Waals surface area contributed by atoms with E-state index < -0.39 is 0 Å². The van der Waals surface area contributed by atoms with E-state index in [1.807, 2.05) is 6.07 Å². The maximum Gasteiger partial charge on any atom is 0.253 e. The summed E-state index contributed by atoms with van der Waals surface area (Å²) in [6.07, 6.45) is 0.455. The Hall–Kier alpha value is -3.33. The number of piperazine rings is 1. The number of hydrogen-bond acceptors (Lipinski definition) is 6. The number of carbonyl (C=O) groups is 3. The molecule has 0 bridgehead atoms. The van der Waals surface area contributed by atoms with Crippen LogP contribution in [-0.2, 0) is 9.59 Å². The predicted octanol–water partition coefficient (Wildman–Crippen LogP) is 3.05. The van der Waals surface area contributed by atoms with Crippen LogP contribution in [0.4, 0.5) is 15.2 Å². The van der Waals surface area contributed by atoms with Crippen molar-refractivity contribution in [3.63, 3.8) is 0 Å². The molecule has 0 spiro atoms. The zero-order chi connectivity index (χ0) is 21.5. The van der Waals surface area contributed by atoms with E-state index in [0.717, 1.165) is 9.83 Å². The molecule has 2 fully saturated rings. The quantitative estimate of drug-likeness (QED) is 0.588. The fraction of sp³-hybridized carbons (Fsp3) is 0.273. The Morgan fingerprint density at radius 1 is 0.935 bits per heavy atom. The molecule has 0 radical (unpaired) electrons. The Bertz CT molecular complexity index is 1170. The van der Waals surface area contributed by atoms with Crippen molar-refractivity contribution in [3.8, 4) is 0 Å². The van der Waals surface area contributed by atoms with Crippen LogP contribution in [0.5, 0.6) is 0 Å². The summed E-state index contributed by atoms with van der Waals surface area (Å²) in [5.74, 6) is -0.847. The van der Waals surface area contributed by atoms with Gasteiger partial charge in [-0.25, -0.2) is 9.37 Å². The van der Waals surface area contributed by atoms with Gasteiger partial charge >= 0.3 is 0 Å². The van der Waals surface area contributed by atoms with E-state index in [1.54, 1.807) is 35.2 Å². The highest BCUT2D eigenvalue weighted by atomic mass is 32.1. The van der Waals surface area contributed by atoms with Gasteiger partial charge in [-0.3, -0.25) is 19.3 Å². The number of para-hydroxylation sites is 1. The molecular formula is C22H19FN4O3S. The first-order valence-electron chi connectivity index (χ1n) is 10.1. The monoisotopic (exact) mass is 438 g/mol. The minimum absolute atomic E-state index is 0.0966. The van der Waals surface area contributed by atoms with Gasteiger partial charge in [0.05, 0.1) is 10.4 Å². The topological polar surface area (TPSA) is 73.8 Å². The molecule has 3 aromatic rings. The number of fused-ring (bicyclic) bond motifs is 1. The summed E-state index contributed by atoms with van der Waals surface area (Å²) < 4.78 is 14.7. The summed E-state index contributed by atoms with van der Waals surface area (Å²) in [6.45, 7) is 2.29. The molecule has 0 N–H and O–H groups in total. The average molecular weight is 438 g/mol. The average Bonchev–Trinajstić information content (AvgIpc) is 3.37. The zero-order valence-electron chi connectivity index (χ0n) is 16.6. The van der Waals surface area contributed by atoms with E-state index in [2.05, 4.69) is 9.88 Å². The van der Waals surface area contributed by atoms with E-state index in [4.69, 9.17) is 0 Å². The molecule has 158 valence electrons. The molecule has 0 saturated carbocycles. The molecule has 7 nitrogen and oxygen atoms in total. The van der Waals surface area contributed by atoms with Gasteiger partial charge in [-0.05, 0) is 36.4 Å². The molecule has 9 heteroatoms. The molecule has 0 aliphatic carbocycles. The van der Waals surface area contributed by atoms with Gasteiger partial charge in [-0.2, -0.15) is 0 Å². The van der Waals surface area contributed by atoms with E-state index in [0.29, 0.717) is 42.9 Å². The van der Waals surface area contributed by atoms with Crippen LogP contribution in [0.15, 0.2) is 42.5 Å². The van der Waals surface area contributed by atoms with E-state index in [1.165, 1.54) is 22.3 Å². The number of imide groups is 1. The summed E-state index contributed by atoms with van der Waals surface area (Å²) in [6, 6.07) is 11.5. The van der Waals surface area contributed by atoms with Gasteiger partial charge in [-0.15, -0.1) is 0 Å². The molecule has 3 heterocycles. The number of thiazole rings is 1. The highest BCUT2D eigenvalue weighted by molar-refractivity contribution is 7.22. The van der Waals surface area contributed by atoms with Crippen molar-refractivity contribution in [3.05, 3.63) is 53.8 Å². The van der Waals surface area contributed by atoms with Crippen LogP contribution >= 0.6 is 11.3 Å². The molecule has 0 unspecified atom stereocenters. The van der Waals surface area contributed by atoms with Gasteiger partial charge in [0.1, 0.15) is 11.3 Å². The second kappa shape index (κ2) is 7.73. The van der Waals surface area contributed by atoms with Gasteiger partial charge < -0.3 is 9.80 Å². The maximum atomic E-state index is 13.9. The summed E-state index contributed by atoms with van der Waals surface area (Å²) in [7, 11) is 0. The number of rotatable bonds is 3. The van der Waals surface area contributed by atoms with Gasteiger partial charge in [-0.1, -0.05) is 17.4 Å². The minimum atomic E-state index is -0.324. The largest absolute Gasteiger partial charge is 0.345 e. The summed E-state index contributed by atoms with van der Waals surface area (Å²) >= 11 is 1.45. The second-order valence-electron chi connectivity index (χ2n) is 7.53. The third-order valence-corrected chi connectivity index (χ3v) is 6.70. The number of anilines is 2. The number of nitrogens with zero attached hydrogens (tertiary/aromatic N) is 4. The van der Waals surface area contributed by atoms with E-state index in [9.17, 15) is 18.8 Å². The van der Waals surface area contributed by atoms with Crippen molar-refractivity contribution >= 4 is 50.1 Å². The SMILES string of the molecule is O=C(c1ccc(N2C(=O)CCC2=O)cc1)N1CCN(c2nc3c(F)cccc3s2)CC1. The van der Waals surface area contributed by atoms with Gasteiger partial charge in [0, 0.05) is 44.6 Å². The number of hydrogen-bond donors (Lipinski definition) is 0. The summed E-state index contributed by atoms with van der Waals surface area (Å²) in [5, 5.41) is 0.761. The van der Waals surface area contributed by atoms with Crippen LogP contribution in [0.25, 0.3) is 10.2 Å². The predicted molar refractivity (Wildman–Crippen MR) is 116 cm³/mol. The Morgan fingerprint density at radius 3 is 2.26 bits per heavy atom. The van der Waals surface area contributed by atoms with Crippen LogP contribution in [0.3, 0.4) is 0 Å². The van der Waals surface area contributed by atoms with Gasteiger partial charge in [0.2, 0.25) is 11.8 Å². The standard InChI is InChI=1S/C22H19FN4O3S/c23-16-2-1-3-17-20(16)24-22(31-17)26-12-10-25(11-13-26)21(30)14-4-6-15(7-5-14)27-18(28)8-9-19(27)29/h1-7H,8-13H2. The molecule has 2 aromatic carbocycles. The molecule has 5 rings (SSSR count). The lowest BCUT2D eigenvalue weighted by Gasteiger charge is -2.34. The van der Waals surface area contributed by atoms with E-state index >= 15 is 0 Å². The number of amides is 3. The minimum Gasteiger partial charge on any atom is -0.345 e. The molecule has 2 saturated heterocycles. The Kier molecular flexibility index (Phi) is 4.90. The number of carbonyl (C=O) groups excluding carboxylic acids is 3. The smallest absolute Gasteiger partial charge is 0.253 e. The van der Waals surface area contributed by atoms with Crippen LogP contribution in [-0.4, -0.2) is 53.8 Å². The molecule has 3 amide bonds. The first kappa shape index (κ1) is 19.6. The molecule has 2 aliphatic rings. The summed E-state index contributed by atoms with van der Waals surface area (Å²) in [5.41, 5.74) is 1.39. The van der Waals surface area contributed by atoms with Crippen molar-refractivity contribution in [1.29, 1.82) is 0 Å². The Morgan fingerprint density at radius 2 is 1.61 bits per heavy atom. The lowest BCUT2D eigenvalue weighted by molar-refractivity contribution is -0.121.